The number of nitrogens with one attached hydrogen (secondary N) is 2. The highest BCUT2D eigenvalue weighted by atomic mass is 35.5. The minimum absolute atomic E-state index is 0.103. The van der Waals surface area contributed by atoms with E-state index in [1.165, 1.54) is 13.8 Å². The molecule has 0 unspecified atom stereocenters. The van der Waals surface area contributed by atoms with Gasteiger partial charge in [-0.1, -0.05) is 41.6 Å². The van der Waals surface area contributed by atoms with E-state index >= 15 is 0 Å². The molecule has 0 saturated carbocycles. The van der Waals surface area contributed by atoms with E-state index in [4.69, 9.17) is 11.6 Å². The van der Waals surface area contributed by atoms with Gasteiger partial charge < -0.3 is 15.7 Å². The average molecular weight is 441 g/mol. The molecule has 5 nitrogen and oxygen atoms in total. The number of phenols is 1. The molecule has 0 radical (unpaired) electrons. The third-order valence-corrected chi connectivity index (χ3v) is 5.71. The van der Waals surface area contributed by atoms with Crippen molar-refractivity contribution in [2.75, 3.05) is 10.6 Å². The zero-order valence-corrected chi connectivity index (χ0v) is 18.1. The lowest BCUT2D eigenvalue weighted by molar-refractivity contribution is -0.114. The van der Waals surface area contributed by atoms with Gasteiger partial charge in [0.2, 0.25) is 5.91 Å². The molecule has 154 valence electrons. The van der Waals surface area contributed by atoms with Crippen molar-refractivity contribution in [3.05, 3.63) is 76.8 Å². The molecule has 0 aliphatic rings. The molecule has 30 heavy (non-hydrogen) atoms. The largest absolute Gasteiger partial charge is 0.506 e. The monoisotopic (exact) mass is 440 g/mol. The Labute approximate surface area is 184 Å². The number of amides is 1. The van der Waals surface area contributed by atoms with Gasteiger partial charge in [0.05, 0.1) is 10.6 Å². The highest BCUT2D eigenvalue weighted by molar-refractivity contribution is 7.99. The van der Waals surface area contributed by atoms with Gasteiger partial charge in [0, 0.05) is 34.6 Å². The smallest absolute Gasteiger partial charge is 0.221 e. The van der Waals surface area contributed by atoms with Crippen molar-refractivity contribution in [1.29, 1.82) is 0 Å². The quantitative estimate of drug-likeness (QED) is 0.311. The van der Waals surface area contributed by atoms with Crippen LogP contribution < -0.4 is 10.6 Å². The lowest BCUT2D eigenvalue weighted by Crippen LogP contribution is -2.05. The molecule has 0 atom stereocenters. The fourth-order valence-electron chi connectivity index (χ4n) is 2.85. The molecule has 7 heteroatoms. The van der Waals surface area contributed by atoms with Crippen LogP contribution >= 0.6 is 23.4 Å². The number of ketones is 1. The topological polar surface area (TPSA) is 78.4 Å². The summed E-state index contributed by atoms with van der Waals surface area (Å²) in [5.41, 5.74) is 2.67. The summed E-state index contributed by atoms with van der Waals surface area (Å²) in [6.07, 6.45) is 0. The molecular weight excluding hydrogens is 420 g/mol. The lowest BCUT2D eigenvalue weighted by atomic mass is 10.1. The molecule has 3 rings (SSSR count). The Morgan fingerprint density at radius 3 is 2.37 bits per heavy atom. The second-order valence-electron chi connectivity index (χ2n) is 6.68. The molecule has 0 aromatic heterocycles. The van der Waals surface area contributed by atoms with Crippen LogP contribution in [0.1, 0.15) is 29.8 Å². The van der Waals surface area contributed by atoms with E-state index in [9.17, 15) is 14.7 Å². The summed E-state index contributed by atoms with van der Waals surface area (Å²) in [4.78, 5) is 25.0. The normalized spacial score (nSPS) is 10.5. The molecular formula is C23H21ClN2O3S. The second-order valence-corrected chi connectivity index (χ2v) is 8.20. The maximum absolute atomic E-state index is 11.7. The van der Waals surface area contributed by atoms with Crippen molar-refractivity contribution in [2.45, 2.75) is 30.2 Å². The van der Waals surface area contributed by atoms with Gasteiger partial charge in [-0.05, 0) is 55.0 Å². The van der Waals surface area contributed by atoms with Crippen molar-refractivity contribution >= 4 is 46.4 Å². The number of carbonyl (C=O) groups is 2. The Morgan fingerprint density at radius 2 is 1.70 bits per heavy atom. The van der Waals surface area contributed by atoms with Gasteiger partial charge in [-0.15, -0.1) is 0 Å². The van der Waals surface area contributed by atoms with E-state index in [0.717, 1.165) is 21.0 Å². The summed E-state index contributed by atoms with van der Waals surface area (Å²) in [6, 6.07) is 18.8. The van der Waals surface area contributed by atoms with E-state index in [0.29, 0.717) is 12.2 Å². The highest BCUT2D eigenvalue weighted by Crippen LogP contribution is 2.34. The fraction of sp³-hybridized carbons (Fsp3) is 0.130. The van der Waals surface area contributed by atoms with Gasteiger partial charge in [-0.2, -0.15) is 0 Å². The predicted molar refractivity (Wildman–Crippen MR) is 122 cm³/mol. The van der Waals surface area contributed by atoms with E-state index < -0.39 is 0 Å². The van der Waals surface area contributed by atoms with E-state index in [1.54, 1.807) is 23.9 Å². The first-order chi connectivity index (χ1) is 14.3. The molecule has 1 amide bonds. The first kappa shape index (κ1) is 21.7. The third kappa shape index (κ3) is 5.55. The molecule has 0 heterocycles. The molecule has 3 aromatic rings. The number of halogens is 1. The molecule has 0 saturated heterocycles. The van der Waals surface area contributed by atoms with Gasteiger partial charge >= 0.3 is 0 Å². The van der Waals surface area contributed by atoms with Crippen molar-refractivity contribution in [3.63, 3.8) is 0 Å². The van der Waals surface area contributed by atoms with Crippen molar-refractivity contribution in [2.24, 2.45) is 0 Å². The number of hydrogen-bond acceptors (Lipinski definition) is 5. The summed E-state index contributed by atoms with van der Waals surface area (Å²) >= 11 is 7.67. The minimum Gasteiger partial charge on any atom is -0.506 e. The summed E-state index contributed by atoms with van der Waals surface area (Å²) < 4.78 is 0. The van der Waals surface area contributed by atoms with Gasteiger partial charge in [0.15, 0.2) is 5.78 Å². The highest BCUT2D eigenvalue weighted by Gasteiger charge is 2.13. The average Bonchev–Trinajstić information content (AvgIpc) is 2.70. The van der Waals surface area contributed by atoms with Crippen LogP contribution in [0, 0.1) is 0 Å². The van der Waals surface area contributed by atoms with Crippen LogP contribution in [0.25, 0.3) is 0 Å². The van der Waals surface area contributed by atoms with E-state index in [1.807, 2.05) is 48.5 Å². The Kier molecular flexibility index (Phi) is 7.03. The van der Waals surface area contributed by atoms with Crippen molar-refractivity contribution in [3.8, 4) is 5.75 Å². The molecule has 0 spiro atoms. The van der Waals surface area contributed by atoms with Gasteiger partial charge in [0.25, 0.3) is 0 Å². The van der Waals surface area contributed by atoms with Crippen LogP contribution in [0.15, 0.2) is 70.5 Å². The van der Waals surface area contributed by atoms with Crippen LogP contribution in [0.2, 0.25) is 5.02 Å². The number of hydrogen-bond donors (Lipinski definition) is 3. The lowest BCUT2D eigenvalue weighted by Gasteiger charge is -2.13. The molecule has 3 N–H and O–H groups in total. The number of Topliss-reactive ketones (excluding diaryl/α,β-unsaturated/α-hetero) is 1. The summed E-state index contributed by atoms with van der Waals surface area (Å²) in [5.74, 6) is -0.556. The maximum atomic E-state index is 11.7. The molecule has 0 aliphatic heterocycles. The second kappa shape index (κ2) is 9.69. The number of phenolic OH excluding ortho intramolecular Hbond substituents is 1. The summed E-state index contributed by atoms with van der Waals surface area (Å²) in [7, 11) is 0. The number of carbonyl (C=O) groups excluding carboxylic acids is 2. The third-order valence-electron chi connectivity index (χ3n) is 4.30. The van der Waals surface area contributed by atoms with Crippen molar-refractivity contribution in [1.82, 2.24) is 0 Å². The number of anilines is 2. The van der Waals surface area contributed by atoms with Crippen LogP contribution in [-0.2, 0) is 11.3 Å². The Balaban J connectivity index is 1.75. The number of rotatable bonds is 7. The van der Waals surface area contributed by atoms with Crippen LogP contribution in [0.5, 0.6) is 5.75 Å². The number of benzene rings is 3. The van der Waals surface area contributed by atoms with E-state index in [2.05, 4.69) is 10.6 Å². The Hall–Kier alpha value is -2.96. The Morgan fingerprint density at radius 1 is 1.00 bits per heavy atom. The van der Waals surface area contributed by atoms with Gasteiger partial charge in [0.1, 0.15) is 5.75 Å². The zero-order chi connectivity index (χ0) is 21.7. The molecule has 0 fully saturated rings. The summed E-state index contributed by atoms with van der Waals surface area (Å²) in [5, 5.41) is 16.1. The standard InChI is InChI=1S/C23H21ClN2O3S/c1-14(27)20-11-18(12-21(24)23(20)29)25-13-16-5-3-4-6-22(16)30-19-9-7-17(8-10-19)26-15(2)28/h3-12,25,29H,13H2,1-2H3,(H,26,28). The van der Waals surface area contributed by atoms with Gasteiger partial charge in [-0.25, -0.2) is 0 Å². The van der Waals surface area contributed by atoms with Crippen LogP contribution in [0.4, 0.5) is 11.4 Å². The van der Waals surface area contributed by atoms with E-state index in [-0.39, 0.29) is 28.0 Å². The van der Waals surface area contributed by atoms with Crippen LogP contribution in [-0.4, -0.2) is 16.8 Å². The maximum Gasteiger partial charge on any atom is 0.221 e. The zero-order valence-electron chi connectivity index (χ0n) is 16.5. The molecule has 0 aliphatic carbocycles. The fourth-order valence-corrected chi connectivity index (χ4v) is 4.02. The van der Waals surface area contributed by atoms with Crippen molar-refractivity contribution < 1.29 is 14.7 Å². The molecule has 3 aromatic carbocycles. The predicted octanol–water partition coefficient (Wildman–Crippen LogP) is 5.97. The summed E-state index contributed by atoms with van der Waals surface area (Å²) in [6.45, 7) is 3.39. The first-order valence-electron chi connectivity index (χ1n) is 9.24. The number of aromatic hydroxyl groups is 1. The molecule has 0 bridgehead atoms. The SMILES string of the molecule is CC(=O)Nc1ccc(Sc2ccccc2CNc2cc(Cl)c(O)c(C(C)=O)c2)cc1. The first-order valence-corrected chi connectivity index (χ1v) is 10.4. The van der Waals surface area contributed by atoms with Crippen LogP contribution in [0.3, 0.4) is 0 Å². The Bertz CT molecular complexity index is 1080. The van der Waals surface area contributed by atoms with Gasteiger partial charge in [-0.3, -0.25) is 9.59 Å². The minimum atomic E-state index is -0.253.